The molecule has 10 aliphatic carbocycles. The molecule has 0 unspecified atom stereocenters. The largest absolute Gasteiger partial charge is 0.352 e. The molecule has 176 valence electrons. The SMILES string of the molecule is O=c1[nH]n([C@]23C4=C5C[C@H]6C7=C([C@H]8CC[C@@H]7[C@@H]7[C@H]8[C@H]2CC[C@H]47)[C@H]2C[C@@H]3[C@H]5[C@H]26)c(=O)n1-c1ccccc1. The van der Waals surface area contributed by atoms with Gasteiger partial charge in [-0.15, -0.1) is 0 Å². The van der Waals surface area contributed by atoms with Gasteiger partial charge in [-0.25, -0.2) is 23.9 Å². The van der Waals surface area contributed by atoms with E-state index < -0.39 is 0 Å². The van der Waals surface area contributed by atoms with E-state index >= 15 is 0 Å². The number of para-hydroxylation sites is 1. The summed E-state index contributed by atoms with van der Waals surface area (Å²) in [6.45, 7) is 0. The van der Waals surface area contributed by atoms with Crippen LogP contribution >= 0.6 is 0 Å². The third-order valence-electron chi connectivity index (χ3n) is 13.4. The third-order valence-corrected chi connectivity index (χ3v) is 13.4. The van der Waals surface area contributed by atoms with Crippen molar-refractivity contribution in [1.82, 2.24) is 14.3 Å². The monoisotopic (exact) mass is 463 g/mol. The van der Waals surface area contributed by atoms with Gasteiger partial charge in [0.25, 0.3) is 0 Å². The first kappa shape index (κ1) is 17.8. The second-order valence-corrected chi connectivity index (χ2v) is 13.5. The van der Waals surface area contributed by atoms with Crippen molar-refractivity contribution in [3.63, 3.8) is 0 Å². The molecule has 6 saturated carbocycles. The summed E-state index contributed by atoms with van der Waals surface area (Å²) in [7, 11) is 0. The standard InChI is InChI=1S/C30H29N3O2/c34-28-31-33(29(35)32(28)12-4-2-1-3-5-12)30-19-9-8-15-21-13-6-7-14(25(19)21)23-17-11-20(30)26-18(27(15)30)10-16(22(13)23)24(17)26/h1-5,13-17,19-21,24-26H,6-11H2,(H,31,34)/t13-,14-,15+,16+,17-,19-,20-,21+,24+,25-,26+,30-/m1/s1. The minimum Gasteiger partial charge on any atom is -0.246 e. The zero-order valence-corrected chi connectivity index (χ0v) is 19.7. The number of allylic oxidation sites excluding steroid dienone is 4. The number of benzene rings is 1. The zero-order valence-electron chi connectivity index (χ0n) is 19.7. The predicted molar refractivity (Wildman–Crippen MR) is 129 cm³/mol. The molecule has 1 aromatic carbocycles. The molecular weight excluding hydrogens is 434 g/mol. The number of nitrogens with zero attached hydrogens (tertiary/aromatic N) is 2. The summed E-state index contributed by atoms with van der Waals surface area (Å²) in [5, 5.41) is 3.22. The van der Waals surface area contributed by atoms with Crippen LogP contribution in [0.5, 0.6) is 0 Å². The van der Waals surface area contributed by atoms with Gasteiger partial charge in [-0.2, -0.15) is 0 Å². The number of H-pyrrole nitrogens is 1. The van der Waals surface area contributed by atoms with Gasteiger partial charge >= 0.3 is 11.4 Å². The van der Waals surface area contributed by atoms with Crippen LogP contribution in [0.25, 0.3) is 5.69 Å². The highest BCUT2D eigenvalue weighted by atomic mass is 16.2. The number of fused-ring (bicyclic) bond motifs is 2. The Hall–Kier alpha value is -2.56. The van der Waals surface area contributed by atoms with Crippen molar-refractivity contribution in [2.24, 2.45) is 65.1 Å². The van der Waals surface area contributed by atoms with Crippen LogP contribution in [0.3, 0.4) is 0 Å². The molecule has 6 fully saturated rings. The maximum Gasteiger partial charge on any atom is 0.352 e. The molecule has 12 rings (SSSR count). The molecular formula is C30H29N3O2. The third kappa shape index (κ3) is 1.49. The minimum absolute atomic E-state index is 0.130. The van der Waals surface area contributed by atoms with E-state index in [9.17, 15) is 9.59 Å². The minimum atomic E-state index is -0.267. The Labute approximate surface area is 202 Å². The molecule has 5 nitrogen and oxygen atoms in total. The van der Waals surface area contributed by atoms with Gasteiger partial charge in [0, 0.05) is 0 Å². The molecule has 1 N–H and O–H groups in total. The van der Waals surface area contributed by atoms with Gasteiger partial charge in [0.05, 0.1) is 11.2 Å². The van der Waals surface area contributed by atoms with E-state index in [1.807, 2.05) is 46.2 Å². The first-order valence-electron chi connectivity index (χ1n) is 14.2. The molecule has 12 atom stereocenters. The molecule has 2 aromatic rings. The fourth-order valence-corrected chi connectivity index (χ4v) is 13.5. The lowest BCUT2D eigenvalue weighted by Crippen LogP contribution is -2.68. The van der Waals surface area contributed by atoms with Crippen molar-refractivity contribution in [3.8, 4) is 5.69 Å². The van der Waals surface area contributed by atoms with Gasteiger partial charge in [-0.05, 0) is 121 Å². The summed E-state index contributed by atoms with van der Waals surface area (Å²) in [4.78, 5) is 27.7. The van der Waals surface area contributed by atoms with E-state index in [0.29, 0.717) is 29.4 Å². The quantitative estimate of drug-likeness (QED) is 0.688. The van der Waals surface area contributed by atoms with Crippen molar-refractivity contribution < 1.29 is 0 Å². The summed E-state index contributed by atoms with van der Waals surface area (Å²) in [5.74, 6) is 7.89. The Morgan fingerprint density at radius 2 is 1.57 bits per heavy atom. The van der Waals surface area contributed by atoms with Crippen LogP contribution in [0.2, 0.25) is 0 Å². The van der Waals surface area contributed by atoms with Crippen molar-refractivity contribution in [2.45, 2.75) is 44.1 Å². The van der Waals surface area contributed by atoms with E-state index in [-0.39, 0.29) is 16.9 Å². The summed E-state index contributed by atoms with van der Waals surface area (Å²) in [6.07, 6.45) is 7.90. The van der Waals surface area contributed by atoms with E-state index in [1.54, 1.807) is 11.1 Å². The first-order valence-corrected chi connectivity index (χ1v) is 14.2. The molecule has 1 heterocycles. The van der Waals surface area contributed by atoms with Crippen LogP contribution in [0, 0.1) is 65.1 Å². The van der Waals surface area contributed by atoms with Gasteiger partial charge in [0.15, 0.2) is 0 Å². The Bertz CT molecular complexity index is 1590. The average Bonchev–Trinajstić information content (AvgIpc) is 3.65. The van der Waals surface area contributed by atoms with E-state index in [0.717, 1.165) is 41.4 Å². The smallest absolute Gasteiger partial charge is 0.246 e. The summed E-state index contributed by atoms with van der Waals surface area (Å²) < 4.78 is 3.36. The molecule has 0 aliphatic heterocycles. The second-order valence-electron chi connectivity index (χ2n) is 13.5. The fraction of sp³-hybridized carbons (Fsp3) is 0.600. The number of hydrogen-bond acceptors (Lipinski definition) is 2. The highest BCUT2D eigenvalue weighted by molar-refractivity contribution is 5.57. The molecule has 0 spiro atoms. The van der Waals surface area contributed by atoms with Gasteiger partial charge in [-0.1, -0.05) is 34.9 Å². The number of rotatable bonds is 2. The zero-order chi connectivity index (χ0) is 22.5. The number of hydrogen-bond donors (Lipinski definition) is 1. The molecule has 0 radical (unpaired) electrons. The fourth-order valence-electron chi connectivity index (χ4n) is 13.5. The van der Waals surface area contributed by atoms with E-state index in [2.05, 4.69) is 5.10 Å². The summed E-state index contributed by atoms with van der Waals surface area (Å²) in [5.41, 5.74) is 7.45. The Kier molecular flexibility index (Phi) is 2.60. The van der Waals surface area contributed by atoms with Gasteiger partial charge in [0.1, 0.15) is 0 Å². The highest BCUT2D eigenvalue weighted by Gasteiger charge is 2.80. The van der Waals surface area contributed by atoms with Crippen LogP contribution in [0.1, 0.15) is 38.5 Å². The van der Waals surface area contributed by atoms with Crippen LogP contribution in [0.4, 0.5) is 0 Å². The predicted octanol–water partition coefficient (Wildman–Crippen LogP) is 3.86. The number of aromatic nitrogens is 3. The highest BCUT2D eigenvalue weighted by Crippen LogP contribution is 2.85. The molecule has 0 saturated heterocycles. The first-order chi connectivity index (χ1) is 17.2. The number of aromatic amines is 1. The molecule has 5 heteroatoms. The van der Waals surface area contributed by atoms with Gasteiger partial charge < -0.3 is 0 Å². The maximum atomic E-state index is 14.3. The maximum absolute atomic E-state index is 14.3. The normalized spacial score (nSPS) is 51.7. The molecule has 1 aromatic heterocycles. The lowest BCUT2D eigenvalue weighted by Gasteiger charge is -2.69. The molecule has 0 amide bonds. The van der Waals surface area contributed by atoms with E-state index in [1.165, 1.54) is 43.1 Å². The summed E-state index contributed by atoms with van der Waals surface area (Å²) >= 11 is 0. The molecule has 10 aliphatic rings. The Balaban J connectivity index is 1.27. The van der Waals surface area contributed by atoms with Crippen LogP contribution in [-0.2, 0) is 5.54 Å². The average molecular weight is 464 g/mol. The van der Waals surface area contributed by atoms with Crippen molar-refractivity contribution in [1.29, 1.82) is 0 Å². The molecule has 35 heavy (non-hydrogen) atoms. The van der Waals surface area contributed by atoms with Gasteiger partial charge in [-0.3, -0.25) is 0 Å². The van der Waals surface area contributed by atoms with Crippen LogP contribution < -0.4 is 11.4 Å². The van der Waals surface area contributed by atoms with Crippen molar-refractivity contribution >= 4 is 0 Å². The topological polar surface area (TPSA) is 59.8 Å². The Morgan fingerprint density at radius 3 is 2.43 bits per heavy atom. The number of nitrogens with one attached hydrogen (secondary N) is 1. The van der Waals surface area contributed by atoms with Crippen LogP contribution in [0.15, 0.2) is 62.2 Å². The lowest BCUT2D eigenvalue weighted by molar-refractivity contribution is -0.124. The second kappa shape index (κ2) is 5.12. The summed E-state index contributed by atoms with van der Waals surface area (Å²) in [6, 6.07) is 9.54. The van der Waals surface area contributed by atoms with Crippen molar-refractivity contribution in [3.05, 3.63) is 73.6 Å². The molecule has 4 bridgehead atoms. The lowest BCUT2D eigenvalue weighted by atomic mass is 9.37. The van der Waals surface area contributed by atoms with Crippen molar-refractivity contribution in [2.75, 3.05) is 0 Å². The van der Waals surface area contributed by atoms with Gasteiger partial charge in [0.2, 0.25) is 0 Å². The Morgan fingerprint density at radius 1 is 0.800 bits per heavy atom. The van der Waals surface area contributed by atoms with Crippen LogP contribution in [-0.4, -0.2) is 14.3 Å². The van der Waals surface area contributed by atoms with E-state index in [4.69, 9.17) is 0 Å².